The highest BCUT2D eigenvalue weighted by Gasteiger charge is 2.05. The first-order valence-corrected chi connectivity index (χ1v) is 6.65. The van der Waals surface area contributed by atoms with Crippen LogP contribution in [0.15, 0.2) is 54.9 Å². The van der Waals surface area contributed by atoms with E-state index in [-0.39, 0.29) is 6.04 Å². The van der Waals surface area contributed by atoms with E-state index in [1.54, 1.807) is 12.4 Å². The van der Waals surface area contributed by atoms with Gasteiger partial charge in [0.05, 0.1) is 6.04 Å². The van der Waals surface area contributed by atoms with E-state index in [1.807, 2.05) is 30.3 Å². The molecule has 0 amide bonds. The molecular weight excluding hydrogens is 254 g/mol. The predicted molar refractivity (Wildman–Crippen MR) is 81.7 cm³/mol. The monoisotopic (exact) mass is 271 g/mol. The average molecular weight is 271 g/mol. The first-order valence-electron chi connectivity index (χ1n) is 6.24. The molecule has 1 aromatic heterocycles. The summed E-state index contributed by atoms with van der Waals surface area (Å²) in [6, 6.07) is 14.4. The van der Waals surface area contributed by atoms with Gasteiger partial charge in [-0.05, 0) is 42.4 Å². The van der Waals surface area contributed by atoms with E-state index in [9.17, 15) is 0 Å². The Labute approximate surface area is 119 Å². The van der Waals surface area contributed by atoms with Crippen molar-refractivity contribution >= 4 is 17.3 Å². The maximum Gasteiger partial charge on any atom is 0.167 e. The lowest BCUT2D eigenvalue weighted by Crippen LogP contribution is -2.36. The number of aromatic nitrogens is 1. The number of rotatable bonds is 4. The van der Waals surface area contributed by atoms with Crippen molar-refractivity contribution in [3.05, 3.63) is 66.0 Å². The highest BCUT2D eigenvalue weighted by Crippen LogP contribution is 2.10. The van der Waals surface area contributed by atoms with Crippen LogP contribution in [-0.2, 0) is 6.54 Å². The van der Waals surface area contributed by atoms with E-state index in [0.717, 1.165) is 5.56 Å². The summed E-state index contributed by atoms with van der Waals surface area (Å²) in [4.78, 5) is 3.98. The summed E-state index contributed by atoms with van der Waals surface area (Å²) in [5.74, 6) is 0. The normalized spacial score (nSPS) is 11.6. The first kappa shape index (κ1) is 13.5. The molecule has 0 spiro atoms. The zero-order valence-corrected chi connectivity index (χ0v) is 11.7. The second-order valence-corrected chi connectivity index (χ2v) is 4.72. The SMILES string of the molecule is CC(NC(=S)NCc1ccncc1)c1ccccc1. The highest BCUT2D eigenvalue weighted by molar-refractivity contribution is 7.80. The van der Waals surface area contributed by atoms with Crippen LogP contribution in [0.1, 0.15) is 24.1 Å². The Morgan fingerprint density at radius 2 is 1.84 bits per heavy atom. The Morgan fingerprint density at radius 1 is 1.16 bits per heavy atom. The number of benzene rings is 1. The van der Waals surface area contributed by atoms with Crippen molar-refractivity contribution < 1.29 is 0 Å². The minimum absolute atomic E-state index is 0.193. The van der Waals surface area contributed by atoms with E-state index < -0.39 is 0 Å². The lowest BCUT2D eigenvalue weighted by Gasteiger charge is -2.17. The van der Waals surface area contributed by atoms with Crippen molar-refractivity contribution in [3.63, 3.8) is 0 Å². The van der Waals surface area contributed by atoms with Gasteiger partial charge in [0, 0.05) is 18.9 Å². The predicted octanol–water partition coefficient (Wildman–Crippen LogP) is 2.81. The topological polar surface area (TPSA) is 37.0 Å². The minimum Gasteiger partial charge on any atom is -0.359 e. The van der Waals surface area contributed by atoms with Crippen LogP contribution in [0.2, 0.25) is 0 Å². The van der Waals surface area contributed by atoms with Crippen LogP contribution < -0.4 is 10.6 Å². The van der Waals surface area contributed by atoms with Crippen LogP contribution in [0.5, 0.6) is 0 Å². The molecule has 2 N–H and O–H groups in total. The number of nitrogens with zero attached hydrogens (tertiary/aromatic N) is 1. The minimum atomic E-state index is 0.193. The fraction of sp³-hybridized carbons (Fsp3) is 0.200. The maximum absolute atomic E-state index is 5.29. The number of nitrogens with one attached hydrogen (secondary N) is 2. The van der Waals surface area contributed by atoms with E-state index in [4.69, 9.17) is 12.2 Å². The maximum atomic E-state index is 5.29. The molecule has 0 aliphatic heterocycles. The molecular formula is C15H17N3S. The molecule has 98 valence electrons. The van der Waals surface area contributed by atoms with Crippen LogP contribution in [0, 0.1) is 0 Å². The first-order chi connectivity index (χ1) is 9.25. The van der Waals surface area contributed by atoms with Crippen molar-refractivity contribution in [2.24, 2.45) is 0 Å². The second-order valence-electron chi connectivity index (χ2n) is 4.31. The molecule has 1 atom stereocenters. The van der Waals surface area contributed by atoms with Gasteiger partial charge in [0.25, 0.3) is 0 Å². The van der Waals surface area contributed by atoms with Crippen molar-refractivity contribution in [2.45, 2.75) is 19.5 Å². The summed E-state index contributed by atoms with van der Waals surface area (Å²) >= 11 is 5.29. The van der Waals surface area contributed by atoms with E-state index >= 15 is 0 Å². The fourth-order valence-electron chi connectivity index (χ4n) is 1.76. The molecule has 0 radical (unpaired) electrons. The zero-order valence-electron chi connectivity index (χ0n) is 10.8. The summed E-state index contributed by atoms with van der Waals surface area (Å²) in [6.07, 6.45) is 3.56. The Bertz CT molecular complexity index is 513. The largest absolute Gasteiger partial charge is 0.359 e. The van der Waals surface area contributed by atoms with E-state index in [0.29, 0.717) is 11.7 Å². The van der Waals surface area contributed by atoms with Crippen LogP contribution in [0.4, 0.5) is 0 Å². The van der Waals surface area contributed by atoms with Gasteiger partial charge < -0.3 is 10.6 Å². The Morgan fingerprint density at radius 3 is 2.53 bits per heavy atom. The molecule has 2 aromatic rings. The smallest absolute Gasteiger partial charge is 0.167 e. The van der Waals surface area contributed by atoms with Gasteiger partial charge in [-0.25, -0.2) is 0 Å². The zero-order chi connectivity index (χ0) is 13.5. The van der Waals surface area contributed by atoms with Crippen molar-refractivity contribution in [2.75, 3.05) is 0 Å². The standard InChI is InChI=1S/C15H17N3S/c1-12(14-5-3-2-4-6-14)18-15(19)17-11-13-7-9-16-10-8-13/h2-10,12H,11H2,1H3,(H2,17,18,19). The lowest BCUT2D eigenvalue weighted by molar-refractivity contribution is 0.697. The summed E-state index contributed by atoms with van der Waals surface area (Å²) in [5.41, 5.74) is 2.38. The molecule has 0 aliphatic rings. The third-order valence-corrected chi connectivity index (χ3v) is 3.11. The average Bonchev–Trinajstić information content (AvgIpc) is 2.47. The molecule has 19 heavy (non-hydrogen) atoms. The van der Waals surface area contributed by atoms with Gasteiger partial charge in [0.15, 0.2) is 5.11 Å². The number of thiocarbonyl (C=S) groups is 1. The van der Waals surface area contributed by atoms with Crippen LogP contribution in [0.25, 0.3) is 0 Å². The van der Waals surface area contributed by atoms with Crippen LogP contribution in [-0.4, -0.2) is 10.1 Å². The number of pyridine rings is 1. The molecule has 0 fully saturated rings. The second kappa shape index (κ2) is 6.85. The summed E-state index contributed by atoms with van der Waals surface area (Å²) < 4.78 is 0. The highest BCUT2D eigenvalue weighted by atomic mass is 32.1. The third kappa shape index (κ3) is 4.34. The Balaban J connectivity index is 1.82. The number of hydrogen-bond acceptors (Lipinski definition) is 2. The summed E-state index contributed by atoms with van der Waals surface area (Å²) in [5, 5.41) is 7.12. The summed E-state index contributed by atoms with van der Waals surface area (Å²) in [7, 11) is 0. The quantitative estimate of drug-likeness (QED) is 0.839. The number of hydrogen-bond donors (Lipinski definition) is 2. The van der Waals surface area contributed by atoms with Gasteiger partial charge in [-0.3, -0.25) is 4.98 Å². The molecule has 0 aliphatic carbocycles. The molecule has 4 heteroatoms. The Kier molecular flexibility index (Phi) is 4.86. The van der Waals surface area contributed by atoms with Crippen molar-refractivity contribution in [1.29, 1.82) is 0 Å². The van der Waals surface area contributed by atoms with Gasteiger partial charge in [0.1, 0.15) is 0 Å². The fourth-order valence-corrected chi connectivity index (χ4v) is 2.00. The van der Waals surface area contributed by atoms with Crippen LogP contribution >= 0.6 is 12.2 Å². The van der Waals surface area contributed by atoms with Gasteiger partial charge in [-0.1, -0.05) is 30.3 Å². The lowest BCUT2D eigenvalue weighted by atomic mass is 10.1. The molecule has 2 rings (SSSR count). The Hall–Kier alpha value is -1.94. The molecule has 0 saturated carbocycles. The molecule has 0 bridgehead atoms. The van der Waals surface area contributed by atoms with Gasteiger partial charge in [0.2, 0.25) is 0 Å². The van der Waals surface area contributed by atoms with Gasteiger partial charge in [-0.2, -0.15) is 0 Å². The molecule has 1 unspecified atom stereocenters. The van der Waals surface area contributed by atoms with E-state index in [1.165, 1.54) is 5.56 Å². The van der Waals surface area contributed by atoms with Gasteiger partial charge >= 0.3 is 0 Å². The molecule has 3 nitrogen and oxygen atoms in total. The van der Waals surface area contributed by atoms with Crippen LogP contribution in [0.3, 0.4) is 0 Å². The van der Waals surface area contributed by atoms with Crippen molar-refractivity contribution in [3.8, 4) is 0 Å². The third-order valence-electron chi connectivity index (χ3n) is 2.85. The summed E-state index contributed by atoms with van der Waals surface area (Å²) in [6.45, 7) is 2.80. The van der Waals surface area contributed by atoms with E-state index in [2.05, 4.69) is 34.7 Å². The van der Waals surface area contributed by atoms with Gasteiger partial charge in [-0.15, -0.1) is 0 Å². The molecule has 1 heterocycles. The molecule has 1 aromatic carbocycles. The van der Waals surface area contributed by atoms with Crippen molar-refractivity contribution in [1.82, 2.24) is 15.6 Å². The molecule has 0 saturated heterocycles.